The van der Waals surface area contributed by atoms with Gasteiger partial charge in [-0.05, 0) is 56.4 Å². The van der Waals surface area contributed by atoms with Gasteiger partial charge in [-0.1, -0.05) is 36.4 Å². The van der Waals surface area contributed by atoms with Crippen molar-refractivity contribution in [2.75, 3.05) is 0 Å². The highest BCUT2D eigenvalue weighted by molar-refractivity contribution is 6.65. The zero-order chi connectivity index (χ0) is 16.1. The van der Waals surface area contributed by atoms with Gasteiger partial charge in [0.25, 0.3) is 0 Å². The van der Waals surface area contributed by atoms with Crippen LogP contribution >= 0.6 is 0 Å². The number of rotatable bonds is 2. The largest absolute Gasteiger partial charge is 0.495 e. The maximum absolute atomic E-state index is 9.98. The molecular weight excluding hydrogens is 275 g/mol. The van der Waals surface area contributed by atoms with E-state index in [4.69, 9.17) is 9.31 Å². The highest BCUT2D eigenvalue weighted by atomic mass is 16.7. The molecule has 1 aliphatic rings. The second-order valence-electron chi connectivity index (χ2n) is 7.05. The summed E-state index contributed by atoms with van der Waals surface area (Å²) in [6.45, 7) is 10.0. The molecule has 1 saturated heterocycles. The zero-order valence-corrected chi connectivity index (χ0v) is 13.9. The molecule has 3 nitrogen and oxygen atoms in total. The van der Waals surface area contributed by atoms with E-state index in [0.29, 0.717) is 0 Å². The summed E-state index contributed by atoms with van der Waals surface area (Å²) in [6, 6.07) is 12.1. The van der Waals surface area contributed by atoms with Gasteiger partial charge in [0.15, 0.2) is 0 Å². The minimum absolute atomic E-state index is 0.359. The van der Waals surface area contributed by atoms with Gasteiger partial charge in [0.2, 0.25) is 0 Å². The first-order chi connectivity index (χ1) is 10.2. The van der Waals surface area contributed by atoms with Crippen LogP contribution in [0.3, 0.4) is 0 Å². The Morgan fingerprint density at radius 2 is 1.45 bits per heavy atom. The van der Waals surface area contributed by atoms with E-state index in [9.17, 15) is 5.11 Å². The zero-order valence-electron chi connectivity index (χ0n) is 13.9. The van der Waals surface area contributed by atoms with Gasteiger partial charge in [0, 0.05) is 0 Å². The van der Waals surface area contributed by atoms with Crippen LogP contribution in [-0.4, -0.2) is 23.4 Å². The number of aliphatic hydroxyl groups is 1. The number of hydrogen-bond donors (Lipinski definition) is 1. The van der Waals surface area contributed by atoms with Crippen LogP contribution < -0.4 is 5.46 Å². The van der Waals surface area contributed by atoms with Crippen LogP contribution in [0.25, 0.3) is 10.8 Å². The number of benzene rings is 2. The van der Waals surface area contributed by atoms with Crippen molar-refractivity contribution in [3.05, 3.63) is 42.0 Å². The van der Waals surface area contributed by atoms with Gasteiger partial charge in [-0.15, -0.1) is 0 Å². The quantitative estimate of drug-likeness (QED) is 0.865. The molecule has 3 rings (SSSR count). The first-order valence-corrected chi connectivity index (χ1v) is 7.78. The Morgan fingerprint density at radius 1 is 0.909 bits per heavy atom. The molecule has 0 radical (unpaired) electrons. The Morgan fingerprint density at radius 3 is 2.00 bits per heavy atom. The van der Waals surface area contributed by atoms with Crippen LogP contribution in [0.4, 0.5) is 0 Å². The number of hydrogen-bond acceptors (Lipinski definition) is 3. The molecule has 22 heavy (non-hydrogen) atoms. The van der Waals surface area contributed by atoms with E-state index in [1.807, 2.05) is 30.3 Å². The summed E-state index contributed by atoms with van der Waals surface area (Å²) >= 11 is 0. The predicted octanol–water partition coefficient (Wildman–Crippen LogP) is 3.19. The van der Waals surface area contributed by atoms with E-state index < -0.39 is 13.2 Å². The monoisotopic (exact) mass is 298 g/mol. The van der Waals surface area contributed by atoms with Crippen LogP contribution in [-0.2, 0) is 9.31 Å². The summed E-state index contributed by atoms with van der Waals surface area (Å²) in [6.07, 6.45) is -0.503. The molecule has 116 valence electrons. The van der Waals surface area contributed by atoms with Gasteiger partial charge >= 0.3 is 7.12 Å². The van der Waals surface area contributed by atoms with Crippen LogP contribution in [0.15, 0.2) is 36.4 Å². The Bertz CT molecular complexity index is 691. The molecule has 1 heterocycles. The molecular formula is C18H23BO3. The SMILES string of the molecule is CC(O)c1ccc(B2OC(C)(C)C(C)(C)O2)c2ccccc12. The van der Waals surface area contributed by atoms with Gasteiger partial charge in [0.05, 0.1) is 17.3 Å². The summed E-state index contributed by atoms with van der Waals surface area (Å²) < 4.78 is 12.3. The van der Waals surface area contributed by atoms with Gasteiger partial charge in [0.1, 0.15) is 0 Å². The number of fused-ring (bicyclic) bond motifs is 1. The summed E-state index contributed by atoms with van der Waals surface area (Å²) in [7, 11) is -0.391. The summed E-state index contributed by atoms with van der Waals surface area (Å²) in [5.41, 5.74) is 1.22. The van der Waals surface area contributed by atoms with Crippen molar-refractivity contribution in [1.29, 1.82) is 0 Å². The third-order valence-electron chi connectivity index (χ3n) is 4.95. The lowest BCUT2D eigenvalue weighted by molar-refractivity contribution is 0.00578. The predicted molar refractivity (Wildman–Crippen MR) is 90.3 cm³/mol. The lowest BCUT2D eigenvalue weighted by Gasteiger charge is -2.32. The van der Waals surface area contributed by atoms with E-state index in [2.05, 4.69) is 33.8 Å². The van der Waals surface area contributed by atoms with E-state index in [1.165, 1.54) is 0 Å². The van der Waals surface area contributed by atoms with E-state index in [-0.39, 0.29) is 11.2 Å². The first kappa shape index (κ1) is 15.5. The third-order valence-corrected chi connectivity index (χ3v) is 4.95. The van der Waals surface area contributed by atoms with Gasteiger partial charge in [-0.2, -0.15) is 0 Å². The van der Waals surface area contributed by atoms with Crippen molar-refractivity contribution in [1.82, 2.24) is 0 Å². The lowest BCUT2D eigenvalue weighted by Crippen LogP contribution is -2.41. The average Bonchev–Trinajstić information content (AvgIpc) is 2.65. The molecule has 0 aliphatic carbocycles. The second-order valence-corrected chi connectivity index (χ2v) is 7.05. The van der Waals surface area contributed by atoms with Gasteiger partial charge in [-0.3, -0.25) is 0 Å². The molecule has 0 amide bonds. The fraction of sp³-hybridized carbons (Fsp3) is 0.444. The van der Waals surface area contributed by atoms with E-state index in [1.54, 1.807) is 6.92 Å². The lowest BCUT2D eigenvalue weighted by atomic mass is 9.75. The summed E-state index contributed by atoms with van der Waals surface area (Å²) in [5.74, 6) is 0. The Hall–Kier alpha value is -1.36. The van der Waals surface area contributed by atoms with Crippen molar-refractivity contribution in [3.63, 3.8) is 0 Å². The molecule has 1 atom stereocenters. The first-order valence-electron chi connectivity index (χ1n) is 7.78. The smallest absolute Gasteiger partial charge is 0.399 e. The Balaban J connectivity index is 2.12. The van der Waals surface area contributed by atoms with Crippen LogP contribution in [0.2, 0.25) is 0 Å². The van der Waals surface area contributed by atoms with Gasteiger partial charge < -0.3 is 14.4 Å². The van der Waals surface area contributed by atoms with E-state index >= 15 is 0 Å². The second kappa shape index (κ2) is 5.09. The molecule has 0 saturated carbocycles. The highest BCUT2D eigenvalue weighted by Crippen LogP contribution is 2.37. The van der Waals surface area contributed by atoms with Gasteiger partial charge in [-0.25, -0.2) is 0 Å². The van der Waals surface area contributed by atoms with E-state index in [0.717, 1.165) is 21.8 Å². The Labute approximate surface area is 132 Å². The molecule has 2 aromatic rings. The maximum atomic E-state index is 9.98. The fourth-order valence-corrected chi connectivity index (χ4v) is 2.89. The molecule has 1 aliphatic heterocycles. The molecule has 0 aromatic heterocycles. The molecule has 1 unspecified atom stereocenters. The van der Waals surface area contributed by atoms with Crippen LogP contribution in [0.5, 0.6) is 0 Å². The van der Waals surface area contributed by atoms with Crippen molar-refractivity contribution in [3.8, 4) is 0 Å². The van der Waals surface area contributed by atoms with Crippen molar-refractivity contribution in [2.45, 2.75) is 51.9 Å². The minimum atomic E-state index is -0.503. The molecule has 0 bridgehead atoms. The normalized spacial score (nSPS) is 21.3. The fourth-order valence-electron chi connectivity index (χ4n) is 2.89. The average molecular weight is 298 g/mol. The van der Waals surface area contributed by atoms with Crippen LogP contribution in [0, 0.1) is 0 Å². The minimum Gasteiger partial charge on any atom is -0.399 e. The maximum Gasteiger partial charge on any atom is 0.495 e. The molecule has 4 heteroatoms. The molecule has 1 N–H and O–H groups in total. The molecule has 2 aromatic carbocycles. The molecule has 0 spiro atoms. The van der Waals surface area contributed by atoms with Crippen molar-refractivity contribution in [2.24, 2.45) is 0 Å². The standard InChI is InChI=1S/C18H23BO3/c1-12(20)13-10-11-16(15-9-7-6-8-14(13)15)19-21-17(2,3)18(4,5)22-19/h6-12,20H,1-5H3. The molecule has 1 fully saturated rings. The summed E-state index contributed by atoms with van der Waals surface area (Å²) in [4.78, 5) is 0. The highest BCUT2D eigenvalue weighted by Gasteiger charge is 2.52. The number of aliphatic hydroxyl groups excluding tert-OH is 1. The van der Waals surface area contributed by atoms with Crippen LogP contribution in [0.1, 0.15) is 46.3 Å². The Kier molecular flexibility index (Phi) is 3.59. The third kappa shape index (κ3) is 2.36. The van der Waals surface area contributed by atoms with Crippen molar-refractivity contribution < 1.29 is 14.4 Å². The topological polar surface area (TPSA) is 38.7 Å². The summed E-state index contributed by atoms with van der Waals surface area (Å²) in [5, 5.41) is 12.1. The van der Waals surface area contributed by atoms with Crippen molar-refractivity contribution >= 4 is 23.4 Å².